The molecule has 0 amide bonds. The van der Waals surface area contributed by atoms with Gasteiger partial charge in [0.15, 0.2) is 0 Å². The fourth-order valence-corrected chi connectivity index (χ4v) is 2.00. The molecule has 4 heteroatoms. The highest BCUT2D eigenvalue weighted by Gasteiger charge is 2.15. The van der Waals surface area contributed by atoms with Gasteiger partial charge in [0.25, 0.3) is 0 Å². The van der Waals surface area contributed by atoms with Gasteiger partial charge in [-0.15, -0.1) is 0 Å². The van der Waals surface area contributed by atoms with Crippen LogP contribution in [0.4, 0.5) is 4.39 Å². The minimum absolute atomic E-state index is 0.0580. The van der Waals surface area contributed by atoms with Crippen molar-refractivity contribution >= 4 is 0 Å². The van der Waals surface area contributed by atoms with Gasteiger partial charge in [0.2, 0.25) is 0 Å². The third kappa shape index (κ3) is 3.15. The molecule has 1 unspecified atom stereocenters. The molecular weight excluding hydrogens is 241 g/mol. The van der Waals surface area contributed by atoms with E-state index in [4.69, 9.17) is 0 Å². The number of nitrogens with one attached hydrogen (secondary N) is 1. The van der Waals surface area contributed by atoms with E-state index in [0.717, 1.165) is 23.5 Å². The number of nitrogens with zero attached hydrogens (tertiary/aromatic N) is 2. The van der Waals surface area contributed by atoms with E-state index < -0.39 is 0 Å². The topological polar surface area (TPSA) is 37.8 Å². The summed E-state index contributed by atoms with van der Waals surface area (Å²) in [6, 6.07) is 5.08. The molecule has 2 aromatic rings. The van der Waals surface area contributed by atoms with Crippen LogP contribution < -0.4 is 5.32 Å². The molecular formula is C15H18FN3. The van der Waals surface area contributed by atoms with Gasteiger partial charge in [0.1, 0.15) is 5.82 Å². The quantitative estimate of drug-likeness (QED) is 0.917. The normalized spacial score (nSPS) is 12.4. The standard InChI is InChI=1S/C15H18FN3/c1-4-17-15(14-9-18-11(3)8-19-14)12-5-6-13(16)10(2)7-12/h5-9,15,17H,4H2,1-3H3. The molecule has 0 aliphatic carbocycles. The molecule has 100 valence electrons. The second-order valence-corrected chi connectivity index (χ2v) is 4.58. The van der Waals surface area contributed by atoms with Crippen molar-refractivity contribution in [3.8, 4) is 0 Å². The molecule has 0 aliphatic heterocycles. The van der Waals surface area contributed by atoms with E-state index in [1.165, 1.54) is 6.07 Å². The van der Waals surface area contributed by atoms with E-state index in [1.807, 2.05) is 19.9 Å². The Morgan fingerprint density at radius 3 is 2.58 bits per heavy atom. The minimum atomic E-state index is -0.186. The molecule has 0 spiro atoms. The largest absolute Gasteiger partial charge is 0.305 e. The van der Waals surface area contributed by atoms with E-state index in [0.29, 0.717) is 5.56 Å². The van der Waals surface area contributed by atoms with E-state index in [1.54, 1.807) is 25.4 Å². The van der Waals surface area contributed by atoms with Gasteiger partial charge in [-0.3, -0.25) is 9.97 Å². The Hall–Kier alpha value is -1.81. The second-order valence-electron chi connectivity index (χ2n) is 4.58. The third-order valence-electron chi connectivity index (χ3n) is 3.02. The van der Waals surface area contributed by atoms with Crippen LogP contribution in [0.3, 0.4) is 0 Å². The van der Waals surface area contributed by atoms with Gasteiger partial charge in [-0.05, 0) is 37.6 Å². The van der Waals surface area contributed by atoms with Gasteiger partial charge in [-0.25, -0.2) is 4.39 Å². The Labute approximate surface area is 112 Å². The molecule has 0 fully saturated rings. The van der Waals surface area contributed by atoms with Crippen LogP contribution in [0.2, 0.25) is 0 Å². The van der Waals surface area contributed by atoms with Gasteiger partial charge < -0.3 is 5.32 Å². The van der Waals surface area contributed by atoms with Crippen molar-refractivity contribution in [3.05, 3.63) is 58.9 Å². The average Bonchev–Trinajstić information content (AvgIpc) is 2.41. The summed E-state index contributed by atoms with van der Waals surface area (Å²) < 4.78 is 13.4. The summed E-state index contributed by atoms with van der Waals surface area (Å²) in [4.78, 5) is 8.68. The monoisotopic (exact) mass is 259 g/mol. The minimum Gasteiger partial charge on any atom is -0.305 e. The first-order chi connectivity index (χ1) is 9.11. The molecule has 19 heavy (non-hydrogen) atoms. The summed E-state index contributed by atoms with van der Waals surface area (Å²) in [5.41, 5.74) is 3.37. The molecule has 0 aliphatic rings. The van der Waals surface area contributed by atoms with Gasteiger partial charge in [0.05, 0.1) is 23.6 Å². The second kappa shape index (κ2) is 5.89. The fourth-order valence-electron chi connectivity index (χ4n) is 2.00. The lowest BCUT2D eigenvalue weighted by atomic mass is 10.0. The van der Waals surface area contributed by atoms with Crippen molar-refractivity contribution in [1.29, 1.82) is 0 Å². The third-order valence-corrected chi connectivity index (χ3v) is 3.02. The van der Waals surface area contributed by atoms with Crippen molar-refractivity contribution in [3.63, 3.8) is 0 Å². The average molecular weight is 259 g/mol. The van der Waals surface area contributed by atoms with Crippen LogP contribution in [0.1, 0.15) is 35.5 Å². The molecule has 1 N–H and O–H groups in total. The van der Waals surface area contributed by atoms with Crippen LogP contribution in [0.5, 0.6) is 0 Å². The number of halogens is 1. The summed E-state index contributed by atoms with van der Waals surface area (Å²) >= 11 is 0. The molecule has 0 bridgehead atoms. The maximum atomic E-state index is 13.4. The number of aryl methyl sites for hydroxylation is 2. The number of hydrogen-bond acceptors (Lipinski definition) is 3. The van der Waals surface area contributed by atoms with E-state index >= 15 is 0 Å². The van der Waals surface area contributed by atoms with Crippen molar-refractivity contribution in [2.45, 2.75) is 26.8 Å². The first kappa shape index (κ1) is 13.6. The summed E-state index contributed by atoms with van der Waals surface area (Å²) in [7, 11) is 0. The first-order valence-electron chi connectivity index (χ1n) is 6.39. The molecule has 3 nitrogen and oxygen atoms in total. The molecule has 0 radical (unpaired) electrons. The molecule has 1 aromatic carbocycles. The highest BCUT2D eigenvalue weighted by atomic mass is 19.1. The highest BCUT2D eigenvalue weighted by molar-refractivity contribution is 5.31. The molecule has 1 atom stereocenters. The van der Waals surface area contributed by atoms with Gasteiger partial charge in [-0.2, -0.15) is 0 Å². The predicted molar refractivity (Wildman–Crippen MR) is 73.4 cm³/mol. The summed E-state index contributed by atoms with van der Waals surface area (Å²) in [6.07, 6.45) is 3.51. The highest BCUT2D eigenvalue weighted by Crippen LogP contribution is 2.22. The van der Waals surface area contributed by atoms with Crippen LogP contribution in [0.15, 0.2) is 30.6 Å². The smallest absolute Gasteiger partial charge is 0.126 e. The summed E-state index contributed by atoms with van der Waals surface area (Å²) in [5, 5.41) is 3.36. The Kier molecular flexibility index (Phi) is 4.22. The maximum absolute atomic E-state index is 13.4. The lowest BCUT2D eigenvalue weighted by Gasteiger charge is -2.18. The van der Waals surface area contributed by atoms with E-state index in [9.17, 15) is 4.39 Å². The Morgan fingerprint density at radius 1 is 1.21 bits per heavy atom. The number of benzene rings is 1. The van der Waals surface area contributed by atoms with Crippen molar-refractivity contribution < 1.29 is 4.39 Å². The Morgan fingerprint density at radius 2 is 2.00 bits per heavy atom. The zero-order chi connectivity index (χ0) is 13.8. The zero-order valence-electron chi connectivity index (χ0n) is 11.4. The first-order valence-corrected chi connectivity index (χ1v) is 6.39. The molecule has 1 heterocycles. The van der Waals surface area contributed by atoms with Crippen molar-refractivity contribution in [1.82, 2.24) is 15.3 Å². The SMILES string of the molecule is CCNC(c1ccc(F)c(C)c1)c1cnc(C)cn1. The number of aromatic nitrogens is 2. The van der Waals surface area contributed by atoms with Crippen LogP contribution in [0.25, 0.3) is 0 Å². The molecule has 0 saturated heterocycles. The van der Waals surface area contributed by atoms with Crippen molar-refractivity contribution in [2.75, 3.05) is 6.54 Å². The lowest BCUT2D eigenvalue weighted by Crippen LogP contribution is -2.23. The summed E-state index contributed by atoms with van der Waals surface area (Å²) in [6.45, 7) is 6.51. The Bertz CT molecular complexity index is 552. The molecule has 1 aromatic heterocycles. The molecule has 0 saturated carbocycles. The van der Waals surface area contributed by atoms with Crippen LogP contribution in [0, 0.1) is 19.7 Å². The lowest BCUT2D eigenvalue weighted by molar-refractivity contribution is 0.598. The van der Waals surface area contributed by atoms with E-state index in [2.05, 4.69) is 15.3 Å². The predicted octanol–water partition coefficient (Wildman–Crippen LogP) is 2.93. The van der Waals surface area contributed by atoms with Crippen molar-refractivity contribution in [2.24, 2.45) is 0 Å². The fraction of sp³-hybridized carbons (Fsp3) is 0.333. The number of hydrogen-bond donors (Lipinski definition) is 1. The van der Waals surface area contributed by atoms with E-state index in [-0.39, 0.29) is 11.9 Å². The van der Waals surface area contributed by atoms with Gasteiger partial charge in [-0.1, -0.05) is 19.1 Å². The summed E-state index contributed by atoms with van der Waals surface area (Å²) in [5.74, 6) is -0.186. The van der Waals surface area contributed by atoms with Crippen LogP contribution in [-0.4, -0.2) is 16.5 Å². The molecule has 2 rings (SSSR count). The zero-order valence-corrected chi connectivity index (χ0v) is 11.4. The van der Waals surface area contributed by atoms with Gasteiger partial charge in [0, 0.05) is 6.20 Å². The maximum Gasteiger partial charge on any atom is 0.126 e. The van der Waals surface area contributed by atoms with Crippen LogP contribution >= 0.6 is 0 Å². The van der Waals surface area contributed by atoms with Crippen LogP contribution in [-0.2, 0) is 0 Å². The number of rotatable bonds is 4. The van der Waals surface area contributed by atoms with Gasteiger partial charge >= 0.3 is 0 Å². The Balaban J connectivity index is 2.38.